The van der Waals surface area contributed by atoms with Gasteiger partial charge in [-0.25, -0.2) is 4.98 Å². The van der Waals surface area contributed by atoms with Crippen molar-refractivity contribution in [3.8, 4) is 0 Å². The van der Waals surface area contributed by atoms with Crippen LogP contribution in [0.2, 0.25) is 0 Å². The minimum Gasteiger partial charge on any atom is -0.379 e. The molecule has 0 amide bonds. The van der Waals surface area contributed by atoms with Crippen molar-refractivity contribution >= 4 is 0 Å². The largest absolute Gasteiger partial charge is 0.379 e. The molecule has 0 fully saturated rings. The van der Waals surface area contributed by atoms with Gasteiger partial charge in [0, 0.05) is 39.0 Å². The molecule has 1 aromatic rings. The number of nitrogens with zero attached hydrogens (tertiary/aromatic N) is 2. The van der Waals surface area contributed by atoms with E-state index < -0.39 is 0 Å². The number of hydrogen-bond donors (Lipinski definition) is 1. The van der Waals surface area contributed by atoms with Crippen LogP contribution in [-0.4, -0.2) is 34.8 Å². The highest BCUT2D eigenvalue weighted by atomic mass is 16.5. The summed E-state index contributed by atoms with van der Waals surface area (Å²) < 4.78 is 7.60. The summed E-state index contributed by atoms with van der Waals surface area (Å²) in [4.78, 5) is 4.37. The predicted octanol–water partition coefficient (Wildman–Crippen LogP) is 2.15. The van der Waals surface area contributed by atoms with Gasteiger partial charge in [0.2, 0.25) is 0 Å². The van der Waals surface area contributed by atoms with Crippen LogP contribution >= 0.6 is 0 Å². The highest BCUT2D eigenvalue weighted by molar-refractivity contribution is 4.92. The van der Waals surface area contributed by atoms with E-state index in [9.17, 15) is 0 Å². The van der Waals surface area contributed by atoms with Gasteiger partial charge in [-0.15, -0.1) is 0 Å². The van der Waals surface area contributed by atoms with Crippen LogP contribution < -0.4 is 5.32 Å². The predicted molar refractivity (Wildman–Crippen MR) is 74.7 cm³/mol. The topological polar surface area (TPSA) is 39.1 Å². The number of rotatable bonds is 8. The van der Waals surface area contributed by atoms with Crippen LogP contribution in [0, 0.1) is 0 Å². The molecular formula is C14H27N3O. The van der Waals surface area contributed by atoms with Crippen LogP contribution in [0.15, 0.2) is 12.4 Å². The molecule has 1 atom stereocenters. The Hall–Kier alpha value is -0.870. The van der Waals surface area contributed by atoms with E-state index in [1.807, 2.05) is 19.4 Å². The second-order valence-corrected chi connectivity index (χ2v) is 5.42. The Labute approximate surface area is 111 Å². The van der Waals surface area contributed by atoms with E-state index in [1.165, 1.54) is 0 Å². The molecule has 0 aromatic carbocycles. The molecule has 0 aliphatic carbocycles. The van der Waals surface area contributed by atoms with E-state index in [4.69, 9.17) is 4.74 Å². The van der Waals surface area contributed by atoms with Crippen molar-refractivity contribution in [3.63, 3.8) is 0 Å². The Bertz CT molecular complexity index is 347. The van der Waals surface area contributed by atoms with Crippen molar-refractivity contribution in [2.75, 3.05) is 13.7 Å². The van der Waals surface area contributed by atoms with Gasteiger partial charge >= 0.3 is 0 Å². The number of hydrogen-bond acceptors (Lipinski definition) is 3. The first-order valence-electron chi connectivity index (χ1n) is 6.73. The molecule has 0 saturated carbocycles. The van der Waals surface area contributed by atoms with Gasteiger partial charge in [-0.2, -0.15) is 0 Å². The third-order valence-corrected chi connectivity index (χ3v) is 3.42. The Morgan fingerprint density at radius 2 is 2.22 bits per heavy atom. The Kier molecular flexibility index (Phi) is 5.82. The van der Waals surface area contributed by atoms with Gasteiger partial charge in [0.15, 0.2) is 0 Å². The highest BCUT2D eigenvalue weighted by Crippen LogP contribution is 2.18. The molecule has 4 heteroatoms. The van der Waals surface area contributed by atoms with Crippen molar-refractivity contribution in [1.29, 1.82) is 0 Å². The molecule has 0 bridgehead atoms. The maximum absolute atomic E-state index is 5.51. The molecule has 0 aliphatic rings. The van der Waals surface area contributed by atoms with E-state index in [0.717, 1.165) is 31.6 Å². The second-order valence-electron chi connectivity index (χ2n) is 5.42. The maximum Gasteiger partial charge on any atom is 0.108 e. The van der Waals surface area contributed by atoms with Crippen LogP contribution in [-0.2, 0) is 18.2 Å². The lowest BCUT2D eigenvalue weighted by Crippen LogP contribution is -2.38. The standard InChI is InChI=1S/C14H27N3O/c1-6-15-12(11-14(2,3)18-5)7-8-13-16-9-10-17(13)4/h9-10,12,15H,6-8,11H2,1-5H3. The summed E-state index contributed by atoms with van der Waals surface area (Å²) in [5.41, 5.74) is -0.0749. The SMILES string of the molecule is CCNC(CCc1nccn1C)CC(C)(C)OC. The van der Waals surface area contributed by atoms with Gasteiger partial charge in [-0.3, -0.25) is 0 Å². The van der Waals surface area contributed by atoms with E-state index in [1.54, 1.807) is 7.11 Å². The smallest absolute Gasteiger partial charge is 0.108 e. The average Bonchev–Trinajstić information content (AvgIpc) is 2.72. The molecule has 0 spiro atoms. The number of ether oxygens (including phenoxy) is 1. The average molecular weight is 253 g/mol. The van der Waals surface area contributed by atoms with Gasteiger partial charge in [0.1, 0.15) is 5.82 Å². The fourth-order valence-corrected chi connectivity index (χ4v) is 2.18. The Balaban J connectivity index is 2.50. The van der Waals surface area contributed by atoms with Crippen LogP contribution in [0.3, 0.4) is 0 Å². The second kappa shape index (κ2) is 6.90. The molecule has 104 valence electrons. The summed E-state index contributed by atoms with van der Waals surface area (Å²) in [5.74, 6) is 1.15. The Morgan fingerprint density at radius 3 is 2.72 bits per heavy atom. The maximum atomic E-state index is 5.51. The van der Waals surface area contributed by atoms with Crippen molar-refractivity contribution in [2.45, 2.75) is 51.7 Å². The van der Waals surface area contributed by atoms with Gasteiger partial charge < -0.3 is 14.6 Å². The van der Waals surface area contributed by atoms with Crippen molar-refractivity contribution in [2.24, 2.45) is 7.05 Å². The van der Waals surface area contributed by atoms with Crippen LogP contribution in [0.25, 0.3) is 0 Å². The van der Waals surface area contributed by atoms with Crippen LogP contribution in [0.5, 0.6) is 0 Å². The lowest BCUT2D eigenvalue weighted by molar-refractivity contribution is 0.00650. The van der Waals surface area contributed by atoms with E-state index in [2.05, 4.69) is 35.6 Å². The molecule has 1 heterocycles. The molecule has 1 rings (SSSR count). The molecular weight excluding hydrogens is 226 g/mol. The molecule has 0 saturated heterocycles. The van der Waals surface area contributed by atoms with Crippen LogP contribution in [0.1, 0.15) is 39.4 Å². The molecule has 1 unspecified atom stereocenters. The molecule has 1 aromatic heterocycles. The normalized spacial score (nSPS) is 13.8. The number of imidazole rings is 1. The zero-order chi connectivity index (χ0) is 13.6. The third kappa shape index (κ3) is 4.78. The fraction of sp³-hybridized carbons (Fsp3) is 0.786. The number of aryl methyl sites for hydroxylation is 2. The van der Waals surface area contributed by atoms with Gasteiger partial charge in [-0.1, -0.05) is 6.92 Å². The summed E-state index contributed by atoms with van der Waals surface area (Å²) in [6.45, 7) is 7.41. The minimum atomic E-state index is -0.0749. The lowest BCUT2D eigenvalue weighted by atomic mass is 9.95. The molecule has 1 N–H and O–H groups in total. The first-order chi connectivity index (χ1) is 8.48. The summed E-state index contributed by atoms with van der Waals surface area (Å²) in [7, 11) is 3.82. The van der Waals surface area contributed by atoms with E-state index in [0.29, 0.717) is 6.04 Å². The molecule has 18 heavy (non-hydrogen) atoms. The van der Waals surface area contributed by atoms with E-state index in [-0.39, 0.29) is 5.60 Å². The fourth-order valence-electron chi connectivity index (χ4n) is 2.18. The first-order valence-corrected chi connectivity index (χ1v) is 6.73. The van der Waals surface area contributed by atoms with E-state index >= 15 is 0 Å². The summed E-state index contributed by atoms with van der Waals surface area (Å²) in [6.07, 6.45) is 6.96. The van der Waals surface area contributed by atoms with Crippen LogP contribution in [0.4, 0.5) is 0 Å². The lowest BCUT2D eigenvalue weighted by Gasteiger charge is -2.29. The summed E-state index contributed by atoms with van der Waals surface area (Å²) in [5, 5.41) is 3.54. The summed E-state index contributed by atoms with van der Waals surface area (Å²) >= 11 is 0. The monoisotopic (exact) mass is 253 g/mol. The third-order valence-electron chi connectivity index (χ3n) is 3.42. The highest BCUT2D eigenvalue weighted by Gasteiger charge is 2.22. The van der Waals surface area contributed by atoms with Gasteiger partial charge in [0.05, 0.1) is 5.60 Å². The summed E-state index contributed by atoms with van der Waals surface area (Å²) in [6, 6.07) is 0.474. The molecule has 0 radical (unpaired) electrons. The number of aromatic nitrogens is 2. The molecule has 4 nitrogen and oxygen atoms in total. The quantitative estimate of drug-likeness (QED) is 0.771. The van der Waals surface area contributed by atoms with Crippen molar-refractivity contribution in [3.05, 3.63) is 18.2 Å². The number of methoxy groups -OCH3 is 1. The van der Waals surface area contributed by atoms with Gasteiger partial charge in [-0.05, 0) is 33.2 Å². The van der Waals surface area contributed by atoms with Gasteiger partial charge in [0.25, 0.3) is 0 Å². The first kappa shape index (κ1) is 15.2. The Morgan fingerprint density at radius 1 is 1.50 bits per heavy atom. The molecule has 0 aliphatic heterocycles. The van der Waals surface area contributed by atoms with Crippen molar-refractivity contribution in [1.82, 2.24) is 14.9 Å². The van der Waals surface area contributed by atoms with Crippen molar-refractivity contribution < 1.29 is 4.74 Å². The number of nitrogens with one attached hydrogen (secondary N) is 1. The zero-order valence-electron chi connectivity index (χ0n) is 12.4. The minimum absolute atomic E-state index is 0.0749. The zero-order valence-corrected chi connectivity index (χ0v) is 12.4.